The van der Waals surface area contributed by atoms with Gasteiger partial charge in [-0.05, 0) is 0 Å². The van der Waals surface area contributed by atoms with Crippen LogP contribution in [-0.2, 0) is 0 Å². The number of hydrogen-bond donors (Lipinski definition) is 0. The van der Waals surface area contributed by atoms with Gasteiger partial charge in [0.2, 0.25) is 0 Å². The minimum Gasteiger partial charge on any atom is -0.0654 e. The van der Waals surface area contributed by atoms with Crippen molar-refractivity contribution in [1.82, 2.24) is 6.15 Å². The van der Waals surface area contributed by atoms with Crippen molar-refractivity contribution in [3.05, 3.63) is 0 Å². The van der Waals surface area contributed by atoms with E-state index in [9.17, 15) is 0 Å². The summed E-state index contributed by atoms with van der Waals surface area (Å²) in [4.78, 5) is 0. The molecule has 0 amide bonds. The van der Waals surface area contributed by atoms with Crippen LogP contribution in [0.1, 0.15) is 46.0 Å². The Balaban J connectivity index is 0. The third-order valence-corrected chi connectivity index (χ3v) is 1.21. The molecule has 0 rings (SSSR count). The fourth-order valence-electron chi connectivity index (χ4n) is 0.677. The maximum absolute atomic E-state index is 2.25. The summed E-state index contributed by atoms with van der Waals surface area (Å²) in [7, 11) is 0. The molecule has 1 nitrogen and oxygen atoms in total. The summed E-state index contributed by atoms with van der Waals surface area (Å²) in [5.41, 5.74) is 0. The van der Waals surface area contributed by atoms with Gasteiger partial charge in [0, 0.05) is 6.15 Å². The number of rotatable bonds is 4. The second kappa shape index (κ2) is 10.0. The highest BCUT2D eigenvalue weighted by Crippen LogP contribution is 2.00. The lowest BCUT2D eigenvalue weighted by Gasteiger charge is -1.90. The third kappa shape index (κ3) is 9.35. The second-order valence-corrected chi connectivity index (χ2v) is 2.06. The lowest BCUT2D eigenvalue weighted by Crippen LogP contribution is -1.70. The Bertz CT molecular complexity index is 23.6. The minimum absolute atomic E-state index is 0. The van der Waals surface area contributed by atoms with Crippen LogP contribution in [0.15, 0.2) is 0 Å². The highest BCUT2D eigenvalue weighted by Gasteiger charge is 1.80. The average molecular weight is 114 g/mol. The van der Waals surface area contributed by atoms with Crippen molar-refractivity contribution < 1.29 is 0 Å². The molecular weight excluding hydrogens is 98.1 g/mol. The Morgan fingerprint density at radius 3 is 1.38 bits per heavy atom. The molecule has 0 bridgehead atoms. The predicted molar refractivity (Wildman–Crippen MR) is 36.6 cm³/mol. The summed E-state index contributed by atoms with van der Waals surface area (Å²) in [5.74, 6) is 0. The van der Waals surface area contributed by atoms with Gasteiger partial charge in [-0.2, -0.15) is 0 Å². The van der Waals surface area contributed by atoms with Gasteiger partial charge in [-0.15, -0.1) is 0 Å². The molecule has 0 unspecified atom stereocenters. The zero-order valence-corrected chi connectivity index (χ0v) is 5.98. The van der Waals surface area contributed by atoms with Gasteiger partial charge in [0.05, 0.1) is 0 Å². The Labute approximate surface area is 53.1 Å². The molecule has 0 saturated heterocycles. The molecule has 0 aromatic heterocycles. The summed E-state index contributed by atoms with van der Waals surface area (Å²) in [5, 5.41) is 0. The van der Waals surface area contributed by atoms with Crippen molar-refractivity contribution in [3.63, 3.8) is 0 Å². The molecule has 0 saturated carbocycles. The SMILES string of the molecule is CCCCCCC.[N]. The van der Waals surface area contributed by atoms with Gasteiger partial charge < -0.3 is 0 Å². The third-order valence-electron chi connectivity index (χ3n) is 1.21. The molecule has 8 heavy (non-hydrogen) atoms. The summed E-state index contributed by atoms with van der Waals surface area (Å²) in [6.45, 7) is 4.49. The van der Waals surface area contributed by atoms with Crippen LogP contribution >= 0.6 is 0 Å². The first kappa shape index (κ1) is 10.9. The molecule has 0 N–H and O–H groups in total. The van der Waals surface area contributed by atoms with Gasteiger partial charge in [-0.1, -0.05) is 46.0 Å². The zero-order chi connectivity index (χ0) is 5.54. The minimum atomic E-state index is 0. The first-order chi connectivity index (χ1) is 3.41. The number of unbranched alkanes of at least 4 members (excludes halogenated alkanes) is 4. The van der Waals surface area contributed by atoms with Crippen LogP contribution in [0.4, 0.5) is 0 Å². The largest absolute Gasteiger partial charge is 0.0654 e. The van der Waals surface area contributed by atoms with Crippen molar-refractivity contribution in [2.24, 2.45) is 0 Å². The van der Waals surface area contributed by atoms with Crippen molar-refractivity contribution in [1.29, 1.82) is 0 Å². The number of hydrogen-bond acceptors (Lipinski definition) is 0. The van der Waals surface area contributed by atoms with Crippen molar-refractivity contribution >= 4 is 0 Å². The topological polar surface area (TPSA) is 30.5 Å². The predicted octanol–water partition coefficient (Wildman–Crippen LogP) is 2.50. The second-order valence-electron chi connectivity index (χ2n) is 2.06. The first-order valence-corrected chi connectivity index (χ1v) is 3.41. The van der Waals surface area contributed by atoms with E-state index in [0.717, 1.165) is 0 Å². The van der Waals surface area contributed by atoms with Gasteiger partial charge in [0.15, 0.2) is 0 Å². The Morgan fingerprint density at radius 1 is 0.750 bits per heavy atom. The van der Waals surface area contributed by atoms with Crippen LogP contribution in [0.3, 0.4) is 0 Å². The number of nitrogens with zero attached hydrogens (tertiary/aromatic N) is 1. The van der Waals surface area contributed by atoms with Crippen molar-refractivity contribution in [2.45, 2.75) is 46.0 Å². The van der Waals surface area contributed by atoms with Gasteiger partial charge in [-0.3, -0.25) is 0 Å². The summed E-state index contributed by atoms with van der Waals surface area (Å²) in [6, 6.07) is 0. The van der Waals surface area contributed by atoms with E-state index >= 15 is 0 Å². The maximum atomic E-state index is 2.25. The van der Waals surface area contributed by atoms with E-state index in [1.165, 1.54) is 32.1 Å². The van der Waals surface area contributed by atoms with Crippen molar-refractivity contribution in [3.8, 4) is 0 Å². The fraction of sp³-hybridized carbons (Fsp3) is 1.00. The smallest absolute Gasteiger partial charge is 0 e. The summed E-state index contributed by atoms with van der Waals surface area (Å²) in [6.07, 6.45) is 7.01. The van der Waals surface area contributed by atoms with E-state index in [-0.39, 0.29) is 6.15 Å². The van der Waals surface area contributed by atoms with Crippen LogP contribution in [-0.4, -0.2) is 0 Å². The van der Waals surface area contributed by atoms with Crippen LogP contribution < -0.4 is 6.15 Å². The highest BCUT2D eigenvalue weighted by atomic mass is 14.0. The van der Waals surface area contributed by atoms with Crippen LogP contribution in [0.5, 0.6) is 0 Å². The summed E-state index contributed by atoms with van der Waals surface area (Å²) < 4.78 is 0. The molecule has 0 atom stereocenters. The molecule has 3 radical (unpaired) electrons. The van der Waals surface area contributed by atoms with E-state index in [1.54, 1.807) is 0 Å². The fourth-order valence-corrected chi connectivity index (χ4v) is 0.677. The Hall–Kier alpha value is -0.0400. The maximum Gasteiger partial charge on any atom is 0 e. The molecule has 0 aromatic rings. The van der Waals surface area contributed by atoms with Gasteiger partial charge in [-0.25, -0.2) is 0 Å². The molecule has 0 fully saturated rings. The lowest BCUT2D eigenvalue weighted by molar-refractivity contribution is 0.656. The Morgan fingerprint density at radius 2 is 1.12 bits per heavy atom. The van der Waals surface area contributed by atoms with E-state index in [0.29, 0.717) is 0 Å². The van der Waals surface area contributed by atoms with Crippen molar-refractivity contribution in [2.75, 3.05) is 0 Å². The molecular formula is C7H16N. The average Bonchev–Trinajstić information content (AvgIpc) is 1.69. The molecule has 0 heterocycles. The summed E-state index contributed by atoms with van der Waals surface area (Å²) >= 11 is 0. The van der Waals surface area contributed by atoms with Crippen LogP contribution in [0.25, 0.3) is 0 Å². The Kier molecular flexibility index (Phi) is 13.6. The molecule has 0 aliphatic heterocycles. The van der Waals surface area contributed by atoms with Crippen LogP contribution in [0.2, 0.25) is 0 Å². The molecule has 0 aliphatic carbocycles. The molecule has 1 heteroatoms. The molecule has 0 spiro atoms. The van der Waals surface area contributed by atoms with E-state index in [4.69, 9.17) is 0 Å². The zero-order valence-electron chi connectivity index (χ0n) is 5.98. The first-order valence-electron chi connectivity index (χ1n) is 3.41. The van der Waals surface area contributed by atoms with Crippen LogP contribution in [0, 0.1) is 0 Å². The van der Waals surface area contributed by atoms with E-state index in [2.05, 4.69) is 13.8 Å². The molecule has 0 aromatic carbocycles. The lowest BCUT2D eigenvalue weighted by atomic mass is 10.2. The van der Waals surface area contributed by atoms with E-state index < -0.39 is 0 Å². The molecule has 49 valence electrons. The van der Waals surface area contributed by atoms with Gasteiger partial charge in [0.1, 0.15) is 0 Å². The quantitative estimate of drug-likeness (QED) is 0.503. The van der Waals surface area contributed by atoms with Gasteiger partial charge >= 0.3 is 0 Å². The monoisotopic (exact) mass is 114 g/mol. The van der Waals surface area contributed by atoms with E-state index in [1.807, 2.05) is 0 Å². The highest BCUT2D eigenvalue weighted by molar-refractivity contribution is 4.35. The van der Waals surface area contributed by atoms with Gasteiger partial charge in [0.25, 0.3) is 0 Å². The molecule has 0 aliphatic rings. The standard InChI is InChI=1S/C7H16.N/c1-3-5-7-6-4-2;/h3-7H2,1-2H3;. The normalized spacial score (nSPS) is 8.25.